The number of carbonyl (C=O) groups is 2. The van der Waals surface area contributed by atoms with E-state index in [1.807, 2.05) is 11.4 Å². The van der Waals surface area contributed by atoms with Crippen LogP contribution in [0.25, 0.3) is 0 Å². The summed E-state index contributed by atoms with van der Waals surface area (Å²) in [5.41, 5.74) is 0. The normalized spacial score (nSPS) is 24.2. The number of amides is 1. The van der Waals surface area contributed by atoms with E-state index in [4.69, 9.17) is 5.11 Å². The van der Waals surface area contributed by atoms with Gasteiger partial charge in [-0.25, -0.2) is 0 Å². The van der Waals surface area contributed by atoms with Crippen LogP contribution in [0.2, 0.25) is 0 Å². The topological polar surface area (TPSA) is 66.4 Å². The van der Waals surface area contributed by atoms with Crippen molar-refractivity contribution in [3.05, 3.63) is 22.4 Å². The summed E-state index contributed by atoms with van der Waals surface area (Å²) in [7, 11) is 0. The molecule has 0 aliphatic heterocycles. The van der Waals surface area contributed by atoms with Crippen LogP contribution < -0.4 is 5.32 Å². The molecule has 0 saturated heterocycles. The number of thiophene rings is 1. The van der Waals surface area contributed by atoms with Gasteiger partial charge in [-0.1, -0.05) is 12.5 Å². The largest absolute Gasteiger partial charge is 0.481 e. The number of hydrogen-bond acceptors (Lipinski definition) is 3. The standard InChI is InChI=1S/C11H13NO3S/c13-10(9-5-2-6-16-9)12-8-4-1-3-7(8)11(14)15/h2,5-8H,1,3-4H2,(H,12,13)(H,14,15). The smallest absolute Gasteiger partial charge is 0.308 e. The van der Waals surface area contributed by atoms with E-state index in [1.54, 1.807) is 6.07 Å². The van der Waals surface area contributed by atoms with Gasteiger partial charge in [-0.2, -0.15) is 0 Å². The van der Waals surface area contributed by atoms with E-state index in [0.29, 0.717) is 11.3 Å². The van der Waals surface area contributed by atoms with Gasteiger partial charge >= 0.3 is 5.97 Å². The first-order valence-corrected chi connectivity index (χ1v) is 6.13. The second-order valence-corrected chi connectivity index (χ2v) is 4.88. The Morgan fingerprint density at radius 3 is 2.88 bits per heavy atom. The molecule has 0 bridgehead atoms. The minimum Gasteiger partial charge on any atom is -0.481 e. The Hall–Kier alpha value is -1.36. The van der Waals surface area contributed by atoms with Gasteiger partial charge in [0.2, 0.25) is 0 Å². The fraction of sp³-hybridized carbons (Fsp3) is 0.455. The zero-order valence-corrected chi connectivity index (χ0v) is 9.50. The highest BCUT2D eigenvalue weighted by Crippen LogP contribution is 2.26. The third-order valence-corrected chi connectivity index (χ3v) is 3.76. The lowest BCUT2D eigenvalue weighted by atomic mass is 10.0. The molecule has 2 rings (SSSR count). The van der Waals surface area contributed by atoms with Crippen molar-refractivity contribution in [2.24, 2.45) is 5.92 Å². The van der Waals surface area contributed by atoms with Crippen LogP contribution in [0, 0.1) is 5.92 Å². The molecule has 5 heteroatoms. The molecular weight excluding hydrogens is 226 g/mol. The fourth-order valence-electron chi connectivity index (χ4n) is 2.08. The van der Waals surface area contributed by atoms with E-state index >= 15 is 0 Å². The van der Waals surface area contributed by atoms with Crippen molar-refractivity contribution in [2.75, 3.05) is 0 Å². The first kappa shape index (κ1) is 11.1. The molecule has 16 heavy (non-hydrogen) atoms. The molecule has 0 aromatic carbocycles. The van der Waals surface area contributed by atoms with Gasteiger partial charge in [0.1, 0.15) is 0 Å². The number of carboxylic acid groups (broad SMARTS) is 1. The van der Waals surface area contributed by atoms with Gasteiger partial charge < -0.3 is 10.4 Å². The predicted octanol–water partition coefficient (Wildman–Crippen LogP) is 1.73. The lowest BCUT2D eigenvalue weighted by Gasteiger charge is -2.16. The van der Waals surface area contributed by atoms with Crippen molar-refractivity contribution in [1.29, 1.82) is 0 Å². The molecule has 1 aromatic heterocycles. The molecule has 1 amide bonds. The lowest BCUT2D eigenvalue weighted by molar-refractivity contribution is -0.142. The Labute approximate surface area is 97.3 Å². The molecule has 1 heterocycles. The van der Waals surface area contributed by atoms with Crippen molar-refractivity contribution in [2.45, 2.75) is 25.3 Å². The van der Waals surface area contributed by atoms with Gasteiger partial charge in [-0.15, -0.1) is 11.3 Å². The molecule has 2 atom stereocenters. The van der Waals surface area contributed by atoms with Crippen LogP contribution in [0.5, 0.6) is 0 Å². The fourth-order valence-corrected chi connectivity index (χ4v) is 2.70. The molecule has 1 aliphatic carbocycles. The maximum absolute atomic E-state index is 11.7. The van der Waals surface area contributed by atoms with Crippen molar-refractivity contribution in [3.63, 3.8) is 0 Å². The number of nitrogens with one attached hydrogen (secondary N) is 1. The monoisotopic (exact) mass is 239 g/mol. The minimum absolute atomic E-state index is 0.159. The maximum atomic E-state index is 11.7. The highest BCUT2D eigenvalue weighted by atomic mass is 32.1. The summed E-state index contributed by atoms with van der Waals surface area (Å²) in [5, 5.41) is 13.6. The number of carbonyl (C=O) groups excluding carboxylic acids is 1. The molecule has 1 saturated carbocycles. The molecule has 0 radical (unpaired) electrons. The Bertz CT molecular complexity index is 388. The van der Waals surface area contributed by atoms with Gasteiger partial charge in [0.25, 0.3) is 5.91 Å². The third-order valence-electron chi connectivity index (χ3n) is 2.89. The van der Waals surface area contributed by atoms with Crippen LogP contribution in [0.4, 0.5) is 0 Å². The number of aliphatic carboxylic acids is 1. The molecule has 0 spiro atoms. The van der Waals surface area contributed by atoms with Crippen LogP contribution in [-0.2, 0) is 4.79 Å². The number of carboxylic acids is 1. The molecule has 2 N–H and O–H groups in total. The average Bonchev–Trinajstić information content (AvgIpc) is 2.86. The molecule has 1 aromatic rings. The van der Waals surface area contributed by atoms with Gasteiger partial charge in [0.15, 0.2) is 0 Å². The van der Waals surface area contributed by atoms with E-state index in [0.717, 1.165) is 12.8 Å². The van der Waals surface area contributed by atoms with Crippen molar-refractivity contribution in [1.82, 2.24) is 5.32 Å². The summed E-state index contributed by atoms with van der Waals surface area (Å²) in [6.07, 6.45) is 2.28. The zero-order chi connectivity index (χ0) is 11.5. The molecule has 86 valence electrons. The maximum Gasteiger partial charge on any atom is 0.308 e. The molecule has 1 fully saturated rings. The summed E-state index contributed by atoms with van der Waals surface area (Å²) in [6.45, 7) is 0. The molecule has 4 nitrogen and oxygen atoms in total. The van der Waals surface area contributed by atoms with E-state index in [-0.39, 0.29) is 11.9 Å². The van der Waals surface area contributed by atoms with Crippen LogP contribution >= 0.6 is 11.3 Å². The predicted molar refractivity (Wildman–Crippen MR) is 60.6 cm³/mol. The van der Waals surface area contributed by atoms with E-state index < -0.39 is 11.9 Å². The first-order chi connectivity index (χ1) is 7.68. The molecule has 1 aliphatic rings. The summed E-state index contributed by atoms with van der Waals surface area (Å²) in [6, 6.07) is 3.33. The van der Waals surface area contributed by atoms with Gasteiger partial charge in [0, 0.05) is 6.04 Å². The van der Waals surface area contributed by atoms with E-state index in [2.05, 4.69) is 5.32 Å². The summed E-state index contributed by atoms with van der Waals surface area (Å²) >= 11 is 1.36. The quantitative estimate of drug-likeness (QED) is 0.844. The van der Waals surface area contributed by atoms with Crippen LogP contribution in [0.3, 0.4) is 0 Å². The average molecular weight is 239 g/mol. The van der Waals surface area contributed by atoms with Crippen molar-refractivity contribution < 1.29 is 14.7 Å². The summed E-state index contributed by atoms with van der Waals surface area (Å²) in [5.74, 6) is -1.40. The Balaban J connectivity index is 1.99. The Morgan fingerprint density at radius 1 is 1.44 bits per heavy atom. The van der Waals surface area contributed by atoms with Crippen LogP contribution in [0.1, 0.15) is 28.9 Å². The van der Waals surface area contributed by atoms with E-state index in [1.165, 1.54) is 11.3 Å². The first-order valence-electron chi connectivity index (χ1n) is 5.25. The highest BCUT2D eigenvalue weighted by Gasteiger charge is 2.34. The summed E-state index contributed by atoms with van der Waals surface area (Å²) in [4.78, 5) is 23.3. The Morgan fingerprint density at radius 2 is 2.25 bits per heavy atom. The second kappa shape index (κ2) is 4.65. The zero-order valence-electron chi connectivity index (χ0n) is 8.68. The number of hydrogen-bond donors (Lipinski definition) is 2. The van der Waals surface area contributed by atoms with Gasteiger partial charge in [0.05, 0.1) is 10.8 Å². The summed E-state index contributed by atoms with van der Waals surface area (Å²) < 4.78 is 0. The Kier molecular flexibility index (Phi) is 3.24. The lowest BCUT2D eigenvalue weighted by Crippen LogP contribution is -2.39. The SMILES string of the molecule is O=C(NC1CCCC1C(=O)O)c1cccs1. The third kappa shape index (κ3) is 2.24. The highest BCUT2D eigenvalue weighted by molar-refractivity contribution is 7.12. The van der Waals surface area contributed by atoms with Crippen molar-refractivity contribution in [3.8, 4) is 0 Å². The number of rotatable bonds is 3. The molecular formula is C11H13NO3S. The van der Waals surface area contributed by atoms with Crippen LogP contribution in [-0.4, -0.2) is 23.0 Å². The van der Waals surface area contributed by atoms with Gasteiger partial charge in [-0.3, -0.25) is 9.59 Å². The van der Waals surface area contributed by atoms with Crippen LogP contribution in [0.15, 0.2) is 17.5 Å². The minimum atomic E-state index is -0.811. The second-order valence-electron chi connectivity index (χ2n) is 3.93. The van der Waals surface area contributed by atoms with E-state index in [9.17, 15) is 9.59 Å². The van der Waals surface area contributed by atoms with Crippen molar-refractivity contribution >= 4 is 23.2 Å². The van der Waals surface area contributed by atoms with Gasteiger partial charge in [-0.05, 0) is 24.3 Å². The molecule has 2 unspecified atom stereocenters.